The van der Waals surface area contributed by atoms with Crippen LogP contribution in [0.15, 0.2) is 91.0 Å². The molecule has 1 fully saturated rings. The molecule has 7 heteroatoms. The first-order valence-corrected chi connectivity index (χ1v) is 12.0. The molecule has 0 aliphatic carbocycles. The highest BCUT2D eigenvalue weighted by molar-refractivity contribution is 5.65. The van der Waals surface area contributed by atoms with Crippen molar-refractivity contribution in [2.75, 3.05) is 6.61 Å². The quantitative estimate of drug-likeness (QED) is 0.405. The summed E-state index contributed by atoms with van der Waals surface area (Å²) in [6, 6.07) is 29.2. The average Bonchev–Trinajstić information content (AvgIpc) is 2.91. The van der Waals surface area contributed by atoms with Gasteiger partial charge in [-0.15, -0.1) is 0 Å². The van der Waals surface area contributed by atoms with Crippen LogP contribution in [-0.2, 0) is 48.3 Å². The van der Waals surface area contributed by atoms with E-state index in [0.717, 1.165) is 16.7 Å². The van der Waals surface area contributed by atoms with Gasteiger partial charge in [-0.3, -0.25) is 4.79 Å². The summed E-state index contributed by atoms with van der Waals surface area (Å²) in [4.78, 5) is 11.5. The van der Waals surface area contributed by atoms with Gasteiger partial charge in [0.05, 0.1) is 19.8 Å². The fraction of sp³-hybridized carbons (Fsp3) is 0.345. The molecule has 1 saturated heterocycles. The Hall–Kier alpha value is -3.07. The van der Waals surface area contributed by atoms with Gasteiger partial charge in [0.2, 0.25) is 0 Å². The van der Waals surface area contributed by atoms with E-state index in [0.29, 0.717) is 0 Å². The van der Waals surface area contributed by atoms with E-state index in [1.54, 1.807) is 0 Å². The predicted octanol–water partition coefficient (Wildman–Crippen LogP) is 4.02. The van der Waals surface area contributed by atoms with Crippen molar-refractivity contribution in [1.29, 1.82) is 0 Å². The summed E-state index contributed by atoms with van der Waals surface area (Å²) in [6.07, 6.45) is -4.24. The summed E-state index contributed by atoms with van der Waals surface area (Å²) < 4.78 is 29.9. The first kappa shape index (κ1) is 26.0. The van der Waals surface area contributed by atoms with Crippen molar-refractivity contribution in [3.05, 3.63) is 108 Å². The molecule has 3 aromatic rings. The zero-order valence-corrected chi connectivity index (χ0v) is 20.3. The summed E-state index contributed by atoms with van der Waals surface area (Å²) >= 11 is 0. The molecule has 190 valence electrons. The van der Waals surface area contributed by atoms with Gasteiger partial charge in [0.1, 0.15) is 31.0 Å². The van der Waals surface area contributed by atoms with E-state index >= 15 is 0 Å². The van der Waals surface area contributed by atoms with Gasteiger partial charge in [-0.1, -0.05) is 91.0 Å². The van der Waals surface area contributed by atoms with E-state index in [1.165, 1.54) is 6.92 Å². The highest BCUT2D eigenvalue weighted by Gasteiger charge is 2.48. The lowest BCUT2D eigenvalue weighted by Gasteiger charge is -2.44. The van der Waals surface area contributed by atoms with Gasteiger partial charge >= 0.3 is 5.97 Å². The van der Waals surface area contributed by atoms with E-state index < -0.39 is 36.7 Å². The lowest BCUT2D eigenvalue weighted by Crippen LogP contribution is -2.61. The minimum atomic E-state index is -1.30. The Labute approximate surface area is 211 Å². The molecular formula is C29H32O7. The third kappa shape index (κ3) is 7.46. The molecule has 0 radical (unpaired) electrons. The summed E-state index contributed by atoms with van der Waals surface area (Å²) in [5.74, 6) is -0.445. The van der Waals surface area contributed by atoms with Crippen LogP contribution in [-0.4, -0.2) is 48.4 Å². The third-order valence-electron chi connectivity index (χ3n) is 5.92. The minimum absolute atomic E-state index is 0.0809. The Bertz CT molecular complexity index is 1040. The van der Waals surface area contributed by atoms with Crippen LogP contribution in [0.1, 0.15) is 23.6 Å². The average molecular weight is 493 g/mol. The Morgan fingerprint density at radius 1 is 0.694 bits per heavy atom. The molecule has 1 heterocycles. The van der Waals surface area contributed by atoms with Crippen LogP contribution in [0.25, 0.3) is 0 Å². The Morgan fingerprint density at radius 3 is 1.56 bits per heavy atom. The fourth-order valence-electron chi connectivity index (χ4n) is 4.10. The molecule has 1 aliphatic heterocycles. The lowest BCUT2D eigenvalue weighted by molar-refractivity contribution is -0.315. The number of aliphatic hydroxyl groups excluding tert-OH is 1. The topological polar surface area (TPSA) is 83.5 Å². The van der Waals surface area contributed by atoms with Crippen LogP contribution in [0.2, 0.25) is 0 Å². The van der Waals surface area contributed by atoms with Crippen molar-refractivity contribution in [2.45, 2.75) is 57.5 Å². The van der Waals surface area contributed by atoms with E-state index in [9.17, 15) is 9.90 Å². The minimum Gasteiger partial charge on any atom is -0.463 e. The largest absolute Gasteiger partial charge is 0.463 e. The maximum Gasteiger partial charge on any atom is 0.302 e. The molecule has 1 unspecified atom stereocenters. The van der Waals surface area contributed by atoms with Crippen molar-refractivity contribution in [2.24, 2.45) is 0 Å². The second-order valence-electron chi connectivity index (χ2n) is 8.65. The highest BCUT2D eigenvalue weighted by Crippen LogP contribution is 2.30. The van der Waals surface area contributed by atoms with Crippen molar-refractivity contribution in [3.8, 4) is 0 Å². The Balaban J connectivity index is 1.57. The van der Waals surface area contributed by atoms with Crippen molar-refractivity contribution >= 4 is 5.97 Å². The highest BCUT2D eigenvalue weighted by atomic mass is 16.7. The molecule has 4 rings (SSSR count). The molecule has 7 nitrogen and oxygen atoms in total. The summed E-state index contributed by atoms with van der Waals surface area (Å²) in [5.41, 5.74) is 2.90. The third-order valence-corrected chi connectivity index (χ3v) is 5.92. The van der Waals surface area contributed by atoms with Gasteiger partial charge in [-0.25, -0.2) is 0 Å². The number of aliphatic hydroxyl groups is 1. The van der Waals surface area contributed by atoms with Gasteiger partial charge in [0.25, 0.3) is 0 Å². The van der Waals surface area contributed by atoms with Gasteiger partial charge in [-0.05, 0) is 16.7 Å². The molecule has 3 aromatic carbocycles. The molecule has 0 spiro atoms. The van der Waals surface area contributed by atoms with E-state index in [2.05, 4.69) is 0 Å². The molecule has 0 bridgehead atoms. The fourth-order valence-corrected chi connectivity index (χ4v) is 4.10. The maximum atomic E-state index is 11.5. The van der Waals surface area contributed by atoms with Crippen molar-refractivity contribution < 1.29 is 33.6 Å². The predicted molar refractivity (Wildman–Crippen MR) is 133 cm³/mol. The van der Waals surface area contributed by atoms with Crippen LogP contribution >= 0.6 is 0 Å². The Morgan fingerprint density at radius 2 is 1.11 bits per heavy atom. The van der Waals surface area contributed by atoms with E-state index in [-0.39, 0.29) is 26.4 Å². The smallest absolute Gasteiger partial charge is 0.302 e. The van der Waals surface area contributed by atoms with Crippen LogP contribution in [0, 0.1) is 0 Å². The van der Waals surface area contributed by atoms with Crippen LogP contribution in [0.3, 0.4) is 0 Å². The lowest BCUT2D eigenvalue weighted by atomic mass is 9.98. The second kappa shape index (κ2) is 13.3. The molecule has 0 aromatic heterocycles. The number of esters is 1. The van der Waals surface area contributed by atoms with Crippen molar-refractivity contribution in [1.82, 2.24) is 0 Å². The number of benzene rings is 3. The Kier molecular flexibility index (Phi) is 9.61. The van der Waals surface area contributed by atoms with Crippen LogP contribution in [0.5, 0.6) is 0 Å². The summed E-state index contributed by atoms with van der Waals surface area (Å²) in [7, 11) is 0. The normalized spacial score (nSPS) is 23.8. The standard InChI is InChI=1S/C29H32O7/c1-21(30)32-20-25-26(33-17-22-11-5-2-6-12-22)27(34-18-23-13-7-3-8-14-23)28(29(31)36-25)35-19-24-15-9-4-10-16-24/h2-16,25-29,31H,17-20H2,1H3/t25-,26-,27+,28-,29?/m1/s1. The van der Waals surface area contributed by atoms with E-state index in [4.69, 9.17) is 23.7 Å². The van der Waals surface area contributed by atoms with Gasteiger partial charge in [0, 0.05) is 6.92 Å². The molecule has 1 N–H and O–H groups in total. The second-order valence-corrected chi connectivity index (χ2v) is 8.65. The number of ether oxygens (including phenoxy) is 5. The number of hydrogen-bond donors (Lipinski definition) is 1. The van der Waals surface area contributed by atoms with Crippen LogP contribution < -0.4 is 0 Å². The molecule has 1 aliphatic rings. The number of hydrogen-bond acceptors (Lipinski definition) is 7. The number of carbonyl (C=O) groups excluding carboxylic acids is 1. The zero-order chi connectivity index (χ0) is 25.2. The maximum absolute atomic E-state index is 11.5. The summed E-state index contributed by atoms with van der Waals surface area (Å²) in [6.45, 7) is 2.08. The van der Waals surface area contributed by atoms with Gasteiger partial charge in [-0.2, -0.15) is 0 Å². The molecule has 36 heavy (non-hydrogen) atoms. The number of carbonyl (C=O) groups is 1. The molecule has 0 saturated carbocycles. The monoisotopic (exact) mass is 492 g/mol. The van der Waals surface area contributed by atoms with Gasteiger partial charge in [0.15, 0.2) is 6.29 Å². The zero-order valence-electron chi connectivity index (χ0n) is 20.3. The van der Waals surface area contributed by atoms with Crippen molar-refractivity contribution in [3.63, 3.8) is 0 Å². The SMILES string of the molecule is CC(=O)OC[C@H]1OC(O)[C@H](OCc2ccccc2)[C@@H](OCc2ccccc2)[C@@H]1OCc1ccccc1. The molecule has 0 amide bonds. The first-order chi connectivity index (χ1) is 17.6. The summed E-state index contributed by atoms with van der Waals surface area (Å²) in [5, 5.41) is 10.9. The number of rotatable bonds is 11. The van der Waals surface area contributed by atoms with Gasteiger partial charge < -0.3 is 28.8 Å². The van der Waals surface area contributed by atoms with E-state index in [1.807, 2.05) is 91.0 Å². The molecular weight excluding hydrogens is 460 g/mol. The first-order valence-electron chi connectivity index (χ1n) is 12.0. The molecule has 5 atom stereocenters. The van der Waals surface area contributed by atoms with Crippen LogP contribution in [0.4, 0.5) is 0 Å².